The molecule has 0 aliphatic carbocycles. The van der Waals surface area contributed by atoms with Gasteiger partial charge in [0.05, 0.1) is 20.4 Å². The highest BCUT2D eigenvalue weighted by Gasteiger charge is 2.20. The van der Waals surface area contributed by atoms with Crippen LogP contribution in [0.15, 0.2) is 76.5 Å². The van der Waals surface area contributed by atoms with Crippen LogP contribution in [0.5, 0.6) is 0 Å². The zero-order valence-corrected chi connectivity index (χ0v) is 19.3. The predicted molar refractivity (Wildman–Crippen MR) is 124 cm³/mol. The van der Waals surface area contributed by atoms with Crippen LogP contribution >= 0.6 is 11.6 Å². The molecule has 0 fully saturated rings. The van der Waals surface area contributed by atoms with Gasteiger partial charge in [-0.25, -0.2) is 22.0 Å². The molecule has 0 aromatic heterocycles. The standard InChI is InChI=1S/C19H16ClN5O7S2/c20-13-4-2-5-14(10-13)24-34(31,32)16-6-1-3-12(9-16)19(26)23-22-17-8-7-15(33(21,29)30)11-18(17)25(27)28/h1-11,22,24H,(H,23,26)(H2,21,29,30). The Labute approximate surface area is 199 Å². The first-order chi connectivity index (χ1) is 15.9. The summed E-state index contributed by atoms with van der Waals surface area (Å²) in [6.45, 7) is 0. The zero-order valence-electron chi connectivity index (χ0n) is 16.9. The summed E-state index contributed by atoms with van der Waals surface area (Å²) in [6.07, 6.45) is 0. The Kier molecular flexibility index (Phi) is 7.07. The number of sulfonamides is 2. The summed E-state index contributed by atoms with van der Waals surface area (Å²) in [6, 6.07) is 13.9. The number of nitrogens with two attached hydrogens (primary N) is 1. The number of carbonyl (C=O) groups is 1. The first-order valence-electron chi connectivity index (χ1n) is 9.13. The van der Waals surface area contributed by atoms with Gasteiger partial charge in [-0.3, -0.25) is 30.5 Å². The fourth-order valence-corrected chi connectivity index (χ4v) is 4.53. The van der Waals surface area contributed by atoms with Crippen molar-refractivity contribution in [2.75, 3.05) is 10.1 Å². The van der Waals surface area contributed by atoms with Crippen LogP contribution in [0.3, 0.4) is 0 Å². The van der Waals surface area contributed by atoms with Crippen molar-refractivity contribution in [1.29, 1.82) is 0 Å². The van der Waals surface area contributed by atoms with E-state index in [0.29, 0.717) is 5.02 Å². The van der Waals surface area contributed by atoms with E-state index in [4.69, 9.17) is 16.7 Å². The number of nitrogens with zero attached hydrogens (tertiary/aromatic N) is 1. The van der Waals surface area contributed by atoms with Gasteiger partial charge in [0.1, 0.15) is 5.69 Å². The maximum absolute atomic E-state index is 12.7. The second kappa shape index (κ2) is 9.64. The molecule has 0 heterocycles. The number of hydrogen-bond donors (Lipinski definition) is 4. The monoisotopic (exact) mass is 525 g/mol. The van der Waals surface area contributed by atoms with E-state index < -0.39 is 41.5 Å². The van der Waals surface area contributed by atoms with E-state index in [-0.39, 0.29) is 21.8 Å². The maximum atomic E-state index is 12.7. The molecular formula is C19H16ClN5O7S2. The Balaban J connectivity index is 1.79. The molecule has 0 aliphatic rings. The van der Waals surface area contributed by atoms with Crippen molar-refractivity contribution < 1.29 is 26.6 Å². The van der Waals surface area contributed by atoms with Gasteiger partial charge in [-0.15, -0.1) is 0 Å². The fraction of sp³-hybridized carbons (Fsp3) is 0. The minimum atomic E-state index is -4.18. The first-order valence-corrected chi connectivity index (χ1v) is 12.5. The molecule has 0 saturated heterocycles. The van der Waals surface area contributed by atoms with Crippen LogP contribution in [-0.4, -0.2) is 27.7 Å². The molecule has 3 rings (SSSR count). The SMILES string of the molecule is NS(=O)(=O)c1ccc(NNC(=O)c2cccc(S(=O)(=O)Nc3cccc(Cl)c3)c2)c([N+](=O)[O-])c1. The smallest absolute Gasteiger partial charge is 0.292 e. The van der Waals surface area contributed by atoms with Gasteiger partial charge in [0, 0.05) is 16.7 Å². The molecule has 12 nitrogen and oxygen atoms in total. The van der Waals surface area contributed by atoms with Crippen molar-refractivity contribution in [3.8, 4) is 0 Å². The third-order valence-electron chi connectivity index (χ3n) is 4.29. The second-order valence-electron chi connectivity index (χ2n) is 6.70. The van der Waals surface area contributed by atoms with Crippen LogP contribution in [0.1, 0.15) is 10.4 Å². The highest BCUT2D eigenvalue weighted by atomic mass is 35.5. The maximum Gasteiger partial charge on any atom is 0.295 e. The summed E-state index contributed by atoms with van der Waals surface area (Å²) < 4.78 is 50.5. The number of hydrogen-bond acceptors (Lipinski definition) is 8. The van der Waals surface area contributed by atoms with E-state index in [2.05, 4.69) is 15.6 Å². The molecule has 3 aromatic carbocycles. The van der Waals surface area contributed by atoms with Gasteiger partial charge < -0.3 is 0 Å². The normalized spacial score (nSPS) is 11.5. The van der Waals surface area contributed by atoms with E-state index in [1.165, 1.54) is 30.3 Å². The van der Waals surface area contributed by atoms with Crippen molar-refractivity contribution in [2.45, 2.75) is 9.79 Å². The number of benzene rings is 3. The van der Waals surface area contributed by atoms with E-state index in [9.17, 15) is 31.7 Å². The molecular weight excluding hydrogens is 510 g/mol. The predicted octanol–water partition coefficient (Wildman–Crippen LogP) is 2.45. The number of hydrazine groups is 1. The van der Waals surface area contributed by atoms with Crippen molar-refractivity contribution >= 4 is 54.6 Å². The highest BCUT2D eigenvalue weighted by Crippen LogP contribution is 2.26. The third kappa shape index (κ3) is 5.99. The minimum Gasteiger partial charge on any atom is -0.292 e. The summed E-state index contributed by atoms with van der Waals surface area (Å²) >= 11 is 5.86. The van der Waals surface area contributed by atoms with Gasteiger partial charge in [-0.1, -0.05) is 23.7 Å². The Morgan fingerprint density at radius 2 is 1.65 bits per heavy atom. The third-order valence-corrected chi connectivity index (χ3v) is 6.81. The molecule has 0 bridgehead atoms. The largest absolute Gasteiger partial charge is 0.295 e. The Morgan fingerprint density at radius 1 is 0.941 bits per heavy atom. The Morgan fingerprint density at radius 3 is 2.29 bits per heavy atom. The fourth-order valence-electron chi connectivity index (χ4n) is 2.71. The number of anilines is 2. The second-order valence-corrected chi connectivity index (χ2v) is 10.4. The van der Waals surface area contributed by atoms with Crippen LogP contribution in [0.25, 0.3) is 0 Å². The molecule has 0 unspecified atom stereocenters. The van der Waals surface area contributed by atoms with E-state index in [1.54, 1.807) is 12.1 Å². The van der Waals surface area contributed by atoms with Gasteiger partial charge in [-0.2, -0.15) is 0 Å². The van der Waals surface area contributed by atoms with Crippen LogP contribution in [-0.2, 0) is 20.0 Å². The molecule has 5 N–H and O–H groups in total. The molecule has 3 aromatic rings. The van der Waals surface area contributed by atoms with E-state index in [1.807, 2.05) is 0 Å². The Hall–Kier alpha value is -3.72. The number of nitro benzene ring substituents is 1. The molecule has 0 spiro atoms. The quantitative estimate of drug-likeness (QED) is 0.254. The topological polar surface area (TPSA) is 191 Å². The van der Waals surface area contributed by atoms with Crippen molar-refractivity contribution in [1.82, 2.24) is 5.43 Å². The van der Waals surface area contributed by atoms with Crippen LogP contribution in [0, 0.1) is 10.1 Å². The van der Waals surface area contributed by atoms with Crippen LogP contribution in [0.4, 0.5) is 17.1 Å². The Bertz CT molecular complexity index is 1490. The van der Waals surface area contributed by atoms with Crippen LogP contribution in [0.2, 0.25) is 5.02 Å². The van der Waals surface area contributed by atoms with Gasteiger partial charge in [0.2, 0.25) is 10.0 Å². The number of halogens is 1. The number of nitrogens with one attached hydrogen (secondary N) is 3. The molecule has 0 saturated carbocycles. The number of carbonyl (C=O) groups excluding carboxylic acids is 1. The molecule has 0 atom stereocenters. The molecule has 178 valence electrons. The molecule has 34 heavy (non-hydrogen) atoms. The van der Waals surface area contributed by atoms with Gasteiger partial charge >= 0.3 is 0 Å². The number of primary sulfonamides is 1. The number of rotatable bonds is 8. The van der Waals surface area contributed by atoms with Crippen molar-refractivity contribution in [2.24, 2.45) is 5.14 Å². The van der Waals surface area contributed by atoms with E-state index >= 15 is 0 Å². The van der Waals surface area contributed by atoms with Gasteiger partial charge in [0.25, 0.3) is 21.6 Å². The van der Waals surface area contributed by atoms with Gasteiger partial charge in [-0.05, 0) is 48.5 Å². The highest BCUT2D eigenvalue weighted by molar-refractivity contribution is 7.92. The number of nitro groups is 1. The first kappa shape index (κ1) is 24.9. The van der Waals surface area contributed by atoms with Crippen molar-refractivity contribution in [3.05, 3.63) is 87.4 Å². The zero-order chi connectivity index (χ0) is 25.1. The lowest BCUT2D eigenvalue weighted by molar-refractivity contribution is -0.384. The molecule has 1 amide bonds. The van der Waals surface area contributed by atoms with E-state index in [0.717, 1.165) is 24.3 Å². The summed E-state index contributed by atoms with van der Waals surface area (Å²) in [5.41, 5.74) is 3.78. The summed E-state index contributed by atoms with van der Waals surface area (Å²) in [7, 11) is -8.24. The number of amides is 1. The lowest BCUT2D eigenvalue weighted by Gasteiger charge is -2.11. The minimum absolute atomic E-state index is 0.0784. The van der Waals surface area contributed by atoms with Crippen molar-refractivity contribution in [3.63, 3.8) is 0 Å². The van der Waals surface area contributed by atoms with Crippen LogP contribution < -0.4 is 20.7 Å². The lowest BCUT2D eigenvalue weighted by atomic mass is 10.2. The molecule has 0 radical (unpaired) electrons. The summed E-state index contributed by atoms with van der Waals surface area (Å²) in [5.74, 6) is -0.815. The average molecular weight is 526 g/mol. The average Bonchev–Trinajstić information content (AvgIpc) is 2.76. The summed E-state index contributed by atoms with van der Waals surface area (Å²) in [5, 5.41) is 16.6. The summed E-state index contributed by atoms with van der Waals surface area (Å²) in [4.78, 5) is 22.2. The molecule has 0 aliphatic heterocycles. The lowest BCUT2D eigenvalue weighted by Crippen LogP contribution is -2.30. The van der Waals surface area contributed by atoms with Gasteiger partial charge in [0.15, 0.2) is 0 Å². The molecule has 15 heteroatoms.